The number of nitrogens with two attached hydrogens (primary N) is 1. The maximum absolute atomic E-state index is 10.4. The smallest absolute Gasteiger partial charge is 0.191 e. The van der Waals surface area contributed by atoms with Crippen molar-refractivity contribution in [3.05, 3.63) is 46.7 Å². The highest BCUT2D eigenvalue weighted by atomic mass is 16.5. The number of morpholine rings is 1. The van der Waals surface area contributed by atoms with Crippen molar-refractivity contribution >= 4 is 0 Å². The van der Waals surface area contributed by atoms with Crippen LogP contribution in [-0.2, 0) is 4.74 Å². The first-order valence-corrected chi connectivity index (χ1v) is 13.4. The van der Waals surface area contributed by atoms with Gasteiger partial charge in [0.15, 0.2) is 16.9 Å². The lowest BCUT2D eigenvalue weighted by Crippen LogP contribution is -2.48. The minimum Gasteiger partial charge on any atom is -0.490 e. The maximum Gasteiger partial charge on any atom is 0.191 e. The first kappa shape index (κ1) is 27.5. The Hall–Kier alpha value is -3.55. The topological polar surface area (TPSA) is 132 Å². The van der Waals surface area contributed by atoms with E-state index in [4.69, 9.17) is 19.9 Å². The van der Waals surface area contributed by atoms with E-state index in [9.17, 15) is 15.8 Å². The van der Waals surface area contributed by atoms with Gasteiger partial charge in [0, 0.05) is 44.6 Å². The summed E-state index contributed by atoms with van der Waals surface area (Å²) in [6.45, 7) is 11.2. The highest BCUT2D eigenvalue weighted by Crippen LogP contribution is 2.54. The van der Waals surface area contributed by atoms with E-state index >= 15 is 0 Å². The molecule has 2 aliphatic heterocycles. The Morgan fingerprint density at radius 3 is 2.47 bits per heavy atom. The van der Waals surface area contributed by atoms with Gasteiger partial charge in [0.25, 0.3) is 0 Å². The van der Waals surface area contributed by atoms with Gasteiger partial charge in [-0.15, -0.1) is 0 Å². The number of rotatable bonds is 9. The van der Waals surface area contributed by atoms with E-state index in [0.717, 1.165) is 57.0 Å². The monoisotopic (exact) mass is 516 g/mol. The zero-order valence-electron chi connectivity index (χ0n) is 22.3. The number of benzene rings is 1. The number of nitriles is 3. The standard InChI is InChI=1S/C29H36N6O3/c1-3-8-35-9-7-22-23(17-30)28(33)29(19-31,20-32)27(24(22)18-35)21-5-6-25(26(16-21)37-4-2)38-15-12-34-10-13-36-14-11-34/h5-7,16,24,27H,3-4,8-15,18,33H2,1-2H3. The van der Waals surface area contributed by atoms with Gasteiger partial charge in [0.05, 0.1) is 43.2 Å². The molecule has 38 heavy (non-hydrogen) atoms. The first-order valence-electron chi connectivity index (χ1n) is 13.4. The summed E-state index contributed by atoms with van der Waals surface area (Å²) in [7, 11) is 0. The summed E-state index contributed by atoms with van der Waals surface area (Å²) in [6, 6.07) is 12.3. The minimum absolute atomic E-state index is 0.0326. The molecule has 2 N–H and O–H groups in total. The summed E-state index contributed by atoms with van der Waals surface area (Å²) in [6.07, 6.45) is 3.02. The highest BCUT2D eigenvalue weighted by Gasteiger charge is 2.54. The van der Waals surface area contributed by atoms with Crippen molar-refractivity contribution in [3.63, 3.8) is 0 Å². The van der Waals surface area contributed by atoms with Gasteiger partial charge < -0.3 is 19.9 Å². The lowest BCUT2D eigenvalue weighted by atomic mass is 9.58. The van der Waals surface area contributed by atoms with Gasteiger partial charge in [-0.25, -0.2) is 0 Å². The van der Waals surface area contributed by atoms with Crippen molar-refractivity contribution < 1.29 is 14.2 Å². The van der Waals surface area contributed by atoms with Gasteiger partial charge in [-0.3, -0.25) is 9.80 Å². The molecule has 2 heterocycles. The average Bonchev–Trinajstić information content (AvgIpc) is 2.94. The molecule has 0 spiro atoms. The molecular weight excluding hydrogens is 480 g/mol. The van der Waals surface area contributed by atoms with E-state index in [1.807, 2.05) is 31.2 Å². The fourth-order valence-electron chi connectivity index (χ4n) is 5.83. The van der Waals surface area contributed by atoms with Crippen LogP contribution < -0.4 is 15.2 Å². The third-order valence-corrected chi connectivity index (χ3v) is 7.68. The van der Waals surface area contributed by atoms with Crippen LogP contribution in [0.5, 0.6) is 11.5 Å². The Bertz CT molecular complexity index is 1180. The number of allylic oxidation sites excluding steroid dienone is 2. The van der Waals surface area contributed by atoms with Crippen molar-refractivity contribution in [2.24, 2.45) is 17.1 Å². The van der Waals surface area contributed by atoms with Crippen LogP contribution in [0, 0.1) is 45.3 Å². The fraction of sp³-hybridized carbons (Fsp3) is 0.552. The van der Waals surface area contributed by atoms with Crippen molar-refractivity contribution in [2.45, 2.75) is 26.2 Å². The molecule has 0 aromatic heterocycles. The predicted molar refractivity (Wildman–Crippen MR) is 142 cm³/mol. The van der Waals surface area contributed by atoms with Gasteiger partial charge in [-0.1, -0.05) is 19.1 Å². The van der Waals surface area contributed by atoms with Crippen molar-refractivity contribution in [1.82, 2.24) is 9.80 Å². The molecule has 1 fully saturated rings. The molecule has 2 unspecified atom stereocenters. The SMILES string of the molecule is CCCN1CC=C2C(C#N)=C(N)C(C#N)(C#N)C(c3ccc(OCCN4CCOCC4)c(OCC)c3)C2C1. The molecule has 3 aliphatic rings. The van der Waals surface area contributed by atoms with E-state index in [1.54, 1.807) is 0 Å². The third kappa shape index (κ3) is 5.22. The third-order valence-electron chi connectivity index (χ3n) is 7.68. The molecule has 0 saturated carbocycles. The summed E-state index contributed by atoms with van der Waals surface area (Å²) in [5, 5.41) is 30.7. The lowest BCUT2D eigenvalue weighted by molar-refractivity contribution is 0.0321. The van der Waals surface area contributed by atoms with Crippen LogP contribution in [0.1, 0.15) is 31.7 Å². The molecular formula is C29H36N6O3. The van der Waals surface area contributed by atoms with Crippen molar-refractivity contribution in [1.29, 1.82) is 15.8 Å². The molecule has 1 aromatic carbocycles. The van der Waals surface area contributed by atoms with E-state index in [0.29, 0.717) is 37.8 Å². The summed E-state index contributed by atoms with van der Waals surface area (Å²) in [4.78, 5) is 4.60. The Morgan fingerprint density at radius 2 is 1.82 bits per heavy atom. The maximum atomic E-state index is 10.4. The zero-order valence-corrected chi connectivity index (χ0v) is 22.3. The van der Waals surface area contributed by atoms with Crippen LogP contribution in [0.2, 0.25) is 0 Å². The summed E-state index contributed by atoms with van der Waals surface area (Å²) in [5.41, 5.74) is 6.68. The van der Waals surface area contributed by atoms with E-state index < -0.39 is 11.3 Å². The second-order valence-electron chi connectivity index (χ2n) is 9.88. The normalized spacial score (nSPS) is 23.4. The van der Waals surface area contributed by atoms with Crippen LogP contribution in [0.3, 0.4) is 0 Å². The first-order chi connectivity index (χ1) is 18.5. The molecule has 0 amide bonds. The average molecular weight is 517 g/mol. The van der Waals surface area contributed by atoms with Gasteiger partial charge in [-0.2, -0.15) is 15.8 Å². The van der Waals surface area contributed by atoms with Crippen LogP contribution in [0.25, 0.3) is 0 Å². The molecule has 4 rings (SSSR count). The molecule has 0 bridgehead atoms. The molecule has 0 radical (unpaired) electrons. The minimum atomic E-state index is -1.68. The predicted octanol–water partition coefficient (Wildman–Crippen LogP) is 2.93. The van der Waals surface area contributed by atoms with Crippen LogP contribution in [-0.4, -0.2) is 75.5 Å². The number of ether oxygens (including phenoxy) is 3. The molecule has 1 saturated heterocycles. The number of hydrogen-bond donors (Lipinski definition) is 1. The number of hydrogen-bond acceptors (Lipinski definition) is 9. The van der Waals surface area contributed by atoms with Gasteiger partial charge in [0.2, 0.25) is 0 Å². The number of nitrogens with zero attached hydrogens (tertiary/aromatic N) is 5. The van der Waals surface area contributed by atoms with Crippen LogP contribution in [0.4, 0.5) is 0 Å². The van der Waals surface area contributed by atoms with Crippen molar-refractivity contribution in [3.8, 4) is 29.7 Å². The van der Waals surface area contributed by atoms with E-state index in [-0.39, 0.29) is 17.2 Å². The number of fused-ring (bicyclic) bond motifs is 1. The van der Waals surface area contributed by atoms with Crippen LogP contribution >= 0.6 is 0 Å². The second kappa shape index (κ2) is 12.3. The largest absolute Gasteiger partial charge is 0.490 e. The molecule has 2 atom stereocenters. The Morgan fingerprint density at radius 1 is 1.05 bits per heavy atom. The molecule has 9 heteroatoms. The molecule has 9 nitrogen and oxygen atoms in total. The molecule has 200 valence electrons. The van der Waals surface area contributed by atoms with E-state index in [2.05, 4.69) is 34.9 Å². The Balaban J connectivity index is 1.71. The lowest BCUT2D eigenvalue weighted by Gasteiger charge is -2.45. The quantitative estimate of drug-likeness (QED) is 0.526. The fourth-order valence-corrected chi connectivity index (χ4v) is 5.83. The molecule has 1 aromatic rings. The van der Waals surface area contributed by atoms with Crippen molar-refractivity contribution in [2.75, 3.05) is 65.7 Å². The highest BCUT2D eigenvalue weighted by molar-refractivity contribution is 5.60. The van der Waals surface area contributed by atoms with E-state index in [1.165, 1.54) is 0 Å². The molecule has 1 aliphatic carbocycles. The summed E-state index contributed by atoms with van der Waals surface area (Å²) in [5.74, 6) is 0.380. The Kier molecular flexibility index (Phi) is 8.92. The van der Waals surface area contributed by atoms with Gasteiger partial charge in [-0.05, 0) is 43.2 Å². The second-order valence-corrected chi connectivity index (χ2v) is 9.88. The Labute approximate surface area is 225 Å². The van der Waals surface area contributed by atoms with Gasteiger partial charge in [0.1, 0.15) is 12.7 Å². The van der Waals surface area contributed by atoms with Gasteiger partial charge >= 0.3 is 0 Å². The summed E-state index contributed by atoms with van der Waals surface area (Å²) >= 11 is 0. The zero-order chi connectivity index (χ0) is 27.1. The summed E-state index contributed by atoms with van der Waals surface area (Å²) < 4.78 is 17.5. The van der Waals surface area contributed by atoms with Crippen LogP contribution in [0.15, 0.2) is 41.1 Å².